The van der Waals surface area contributed by atoms with E-state index in [9.17, 15) is 14.0 Å². The molecule has 0 aliphatic carbocycles. The number of benzene rings is 1. The summed E-state index contributed by atoms with van der Waals surface area (Å²) >= 11 is 1.52. The maximum Gasteiger partial charge on any atom is 0.355 e. The van der Waals surface area contributed by atoms with E-state index < -0.39 is 38.8 Å². The summed E-state index contributed by atoms with van der Waals surface area (Å²) in [6.45, 7) is 7.44. The van der Waals surface area contributed by atoms with E-state index in [-0.39, 0.29) is 48.3 Å². The summed E-state index contributed by atoms with van der Waals surface area (Å²) in [5, 5.41) is 0. The van der Waals surface area contributed by atoms with Crippen LogP contribution in [0.1, 0.15) is 12.5 Å². The first-order chi connectivity index (χ1) is 18.0. The number of thioether (sulfide) groups is 1. The maximum absolute atomic E-state index is 14.7. The largest absolute Gasteiger partial charge is 1.00 e. The monoisotopic (exact) mass is 686 g/mol. The highest BCUT2D eigenvalue weighted by Gasteiger charge is 2.61. The van der Waals surface area contributed by atoms with Gasteiger partial charge in [0.15, 0.2) is 20.7 Å². The number of carbonyl (C=O) groups excluding carboxylic acids is 2. The van der Waals surface area contributed by atoms with Gasteiger partial charge in [0, 0.05) is 28.7 Å². The van der Waals surface area contributed by atoms with Crippen molar-refractivity contribution in [3.05, 3.63) is 65.6 Å². The molecule has 0 saturated carbocycles. The van der Waals surface area contributed by atoms with E-state index in [0.717, 1.165) is 10.5 Å². The summed E-state index contributed by atoms with van der Waals surface area (Å²) in [4.78, 5) is 29.3. The van der Waals surface area contributed by atoms with Gasteiger partial charge < -0.3 is 42.8 Å². The Morgan fingerprint density at radius 2 is 1.79 bits per heavy atom. The number of carbonyl (C=O) groups is 2. The normalized spacial score (nSPS) is 21.2. The Hall–Kier alpha value is -1.96. The highest BCUT2D eigenvalue weighted by Crippen LogP contribution is 2.49. The Bertz CT molecular complexity index is 1210. The first-order valence-electron chi connectivity index (χ1n) is 12.7. The standard InChI is InChI=1S/C28H36FN2O5SSi.HI/c1-18(36-38(4,5)6)24-25-22(15-29)23(17-37-21-11-13-30(2)14-12-21)26(31(25)27(24)32)28(33)35-16-19-7-9-20(34-3)10-8-19;/h7-14,18,22,24-25H,15-17H2,1-6H3;1H/q+1;/p-1/t18-,22+,24-,25-;/m1./s1. The van der Waals surface area contributed by atoms with Gasteiger partial charge in [0.25, 0.3) is 0 Å². The third kappa shape index (κ3) is 7.03. The van der Waals surface area contributed by atoms with Gasteiger partial charge in [0.1, 0.15) is 25.1 Å². The molecule has 0 radical (unpaired) electrons. The molecular formula is C28H36FIN2O5SSi. The number of halogens is 2. The van der Waals surface area contributed by atoms with E-state index in [1.165, 1.54) is 16.7 Å². The number of ether oxygens (including phenoxy) is 2. The highest BCUT2D eigenvalue weighted by atomic mass is 127. The second kappa shape index (κ2) is 13.1. The van der Waals surface area contributed by atoms with Gasteiger partial charge in [-0.05, 0) is 49.8 Å². The number of nitrogens with zero attached hydrogens (tertiary/aromatic N) is 2. The molecule has 2 aromatic rings. The Kier molecular flexibility index (Phi) is 10.6. The van der Waals surface area contributed by atoms with Crippen LogP contribution in [0.25, 0.3) is 0 Å². The number of hydrogen-bond acceptors (Lipinski definition) is 6. The predicted octanol–water partition coefficient (Wildman–Crippen LogP) is 1.28. The average Bonchev–Trinajstić information content (AvgIpc) is 3.15. The fourth-order valence-electron chi connectivity index (χ4n) is 5.14. The Morgan fingerprint density at radius 1 is 1.15 bits per heavy atom. The summed E-state index contributed by atoms with van der Waals surface area (Å²) in [5.41, 5.74) is 1.59. The molecule has 4 rings (SSSR count). The van der Waals surface area contributed by atoms with Crippen LogP contribution in [0.4, 0.5) is 4.39 Å². The van der Waals surface area contributed by atoms with Crippen LogP contribution in [0.15, 0.2) is 65.0 Å². The first-order valence-corrected chi connectivity index (χ1v) is 17.1. The number of amides is 1. The van der Waals surface area contributed by atoms with Crippen molar-refractivity contribution in [1.82, 2.24) is 4.90 Å². The SMILES string of the molecule is COc1ccc(COC(=O)C2=C(CSc3cc[n+](C)cc3)[C@H](CF)[C@@H]3[C@@H]([C@@H](C)O[Si](C)(C)C)C(=O)N23)cc1.[I-]. The number of fused-ring (bicyclic) bond motifs is 1. The van der Waals surface area contributed by atoms with Gasteiger partial charge in [0.05, 0.1) is 31.8 Å². The molecule has 1 fully saturated rings. The van der Waals surface area contributed by atoms with E-state index in [1.807, 2.05) is 55.2 Å². The second-order valence-corrected chi connectivity index (χ2v) is 16.2. The number of methoxy groups -OCH3 is 1. The fourth-order valence-corrected chi connectivity index (χ4v) is 7.39. The van der Waals surface area contributed by atoms with Crippen LogP contribution in [-0.4, -0.2) is 56.8 Å². The van der Waals surface area contributed by atoms with Gasteiger partial charge in [-0.15, -0.1) is 11.8 Å². The number of rotatable bonds is 11. The van der Waals surface area contributed by atoms with Crippen molar-refractivity contribution in [3.63, 3.8) is 0 Å². The molecule has 0 N–H and O–H groups in total. The summed E-state index contributed by atoms with van der Waals surface area (Å²) in [7, 11) is 1.59. The second-order valence-electron chi connectivity index (χ2n) is 10.7. The predicted molar refractivity (Wildman–Crippen MR) is 146 cm³/mol. The van der Waals surface area contributed by atoms with Gasteiger partial charge in [-0.3, -0.25) is 9.18 Å². The molecule has 212 valence electrons. The zero-order valence-electron chi connectivity index (χ0n) is 23.1. The first kappa shape index (κ1) is 31.6. The lowest BCUT2D eigenvalue weighted by atomic mass is 9.77. The number of β-lactam (4-membered cyclic amide) rings is 1. The van der Waals surface area contributed by atoms with Crippen LogP contribution in [-0.2, 0) is 32.4 Å². The minimum Gasteiger partial charge on any atom is -1.00 e. The Labute approximate surface area is 252 Å². The lowest BCUT2D eigenvalue weighted by Crippen LogP contribution is -3.00. The van der Waals surface area contributed by atoms with Crippen molar-refractivity contribution in [1.29, 1.82) is 0 Å². The van der Waals surface area contributed by atoms with Gasteiger partial charge in [-0.2, -0.15) is 0 Å². The molecule has 0 bridgehead atoms. The zero-order valence-corrected chi connectivity index (χ0v) is 27.1. The van der Waals surface area contributed by atoms with E-state index in [4.69, 9.17) is 13.9 Å². The molecule has 2 aliphatic heterocycles. The van der Waals surface area contributed by atoms with Crippen molar-refractivity contribution in [2.24, 2.45) is 18.9 Å². The van der Waals surface area contributed by atoms with Crippen LogP contribution in [0.3, 0.4) is 0 Å². The number of aryl methyl sites for hydroxylation is 1. The van der Waals surface area contributed by atoms with Crippen molar-refractivity contribution in [2.75, 3.05) is 19.5 Å². The van der Waals surface area contributed by atoms with E-state index >= 15 is 0 Å². The smallest absolute Gasteiger partial charge is 0.355 e. The maximum atomic E-state index is 14.7. The van der Waals surface area contributed by atoms with Gasteiger partial charge >= 0.3 is 5.97 Å². The average molecular weight is 687 g/mol. The van der Waals surface area contributed by atoms with Crippen molar-refractivity contribution in [2.45, 2.75) is 50.2 Å². The van der Waals surface area contributed by atoms with Gasteiger partial charge in [-0.1, -0.05) is 12.1 Å². The quantitative estimate of drug-likeness (QED) is 0.0887. The molecular weight excluding hydrogens is 650 g/mol. The number of hydrogen-bond donors (Lipinski definition) is 0. The van der Waals surface area contributed by atoms with E-state index in [2.05, 4.69) is 19.6 Å². The Morgan fingerprint density at radius 3 is 2.36 bits per heavy atom. The minimum absolute atomic E-state index is 0. The number of alkyl halides is 1. The third-order valence-corrected chi connectivity index (χ3v) is 9.01. The van der Waals surface area contributed by atoms with Crippen molar-refractivity contribution >= 4 is 32.0 Å². The summed E-state index contributed by atoms with van der Waals surface area (Å²) in [6.07, 6.45) is 3.51. The molecule has 2 aliphatic rings. The van der Waals surface area contributed by atoms with Crippen molar-refractivity contribution < 1.29 is 56.4 Å². The number of esters is 1. The number of aromatic nitrogens is 1. The van der Waals surface area contributed by atoms with Crippen LogP contribution in [0, 0.1) is 11.8 Å². The molecule has 4 atom stereocenters. The molecule has 7 nitrogen and oxygen atoms in total. The zero-order chi connectivity index (χ0) is 27.6. The van der Waals surface area contributed by atoms with Crippen LogP contribution < -0.4 is 33.3 Å². The molecule has 1 amide bonds. The lowest BCUT2D eigenvalue weighted by Gasteiger charge is -2.48. The molecule has 11 heteroatoms. The van der Waals surface area contributed by atoms with Gasteiger partial charge in [0.2, 0.25) is 5.91 Å². The molecule has 1 aromatic heterocycles. The van der Waals surface area contributed by atoms with Crippen LogP contribution in [0.5, 0.6) is 5.75 Å². The molecule has 0 unspecified atom stereocenters. The minimum atomic E-state index is -1.93. The van der Waals surface area contributed by atoms with Gasteiger partial charge in [-0.25, -0.2) is 9.36 Å². The van der Waals surface area contributed by atoms with Crippen molar-refractivity contribution in [3.8, 4) is 5.75 Å². The molecule has 1 aromatic carbocycles. The molecule has 1 saturated heterocycles. The van der Waals surface area contributed by atoms with Crippen LogP contribution in [0.2, 0.25) is 19.6 Å². The third-order valence-electron chi connectivity index (χ3n) is 6.87. The van der Waals surface area contributed by atoms with E-state index in [0.29, 0.717) is 17.1 Å². The topological polar surface area (TPSA) is 69.0 Å². The summed E-state index contributed by atoms with van der Waals surface area (Å²) in [5.74, 6) is -0.810. The molecule has 0 spiro atoms. The van der Waals surface area contributed by atoms with Crippen LogP contribution >= 0.6 is 11.8 Å². The fraction of sp³-hybridized carbons (Fsp3) is 0.464. The Balaban J connectivity index is 0.00000420. The molecule has 3 heterocycles. The molecule has 39 heavy (non-hydrogen) atoms. The summed E-state index contributed by atoms with van der Waals surface area (Å²) in [6, 6.07) is 10.7. The van der Waals surface area contributed by atoms with E-state index in [1.54, 1.807) is 19.2 Å². The highest BCUT2D eigenvalue weighted by molar-refractivity contribution is 7.99. The summed E-state index contributed by atoms with van der Waals surface area (Å²) < 4.78 is 33.7. The lowest BCUT2D eigenvalue weighted by molar-refractivity contribution is -0.671. The number of pyridine rings is 1.